The van der Waals surface area contributed by atoms with Crippen LogP contribution in [0, 0.1) is 0 Å². The Morgan fingerprint density at radius 2 is 2.43 bits per heavy atom. The van der Waals surface area contributed by atoms with Crippen molar-refractivity contribution in [2.24, 2.45) is 0 Å². The summed E-state index contributed by atoms with van der Waals surface area (Å²) in [7, 11) is 1.64. The first-order valence-corrected chi connectivity index (χ1v) is 8.06. The second kappa shape index (κ2) is 6.03. The first-order chi connectivity index (χ1) is 10.2. The minimum Gasteiger partial charge on any atom is -0.480 e. The van der Waals surface area contributed by atoms with Gasteiger partial charge in [-0.1, -0.05) is 0 Å². The number of hydrogen-bond donors (Lipinski definition) is 1. The van der Waals surface area contributed by atoms with Gasteiger partial charge in [0.05, 0.1) is 7.11 Å². The molecule has 3 rings (SSSR count). The fourth-order valence-electron chi connectivity index (χ4n) is 2.70. The molecule has 1 saturated heterocycles. The largest absolute Gasteiger partial charge is 0.480 e. The third-order valence-electron chi connectivity index (χ3n) is 3.80. The number of hydrogen-bond acceptors (Lipinski definition) is 5. The minimum absolute atomic E-state index is 0.237. The number of ether oxygens (including phenoxy) is 1. The molecule has 3 heterocycles. The van der Waals surface area contributed by atoms with E-state index in [-0.39, 0.29) is 11.9 Å². The number of methoxy groups -OCH3 is 1. The lowest BCUT2D eigenvalue weighted by Crippen LogP contribution is -2.39. The highest BCUT2D eigenvalue weighted by atomic mass is 32.1. The maximum Gasteiger partial charge on any atom is 0.237 e. The minimum atomic E-state index is 0.237. The average Bonchev–Trinajstić information content (AvgIpc) is 3.13. The number of carbonyl (C=O) groups is 1. The number of likely N-dealkylation sites (tertiary alicyclic amines) is 1. The van der Waals surface area contributed by atoms with E-state index in [2.05, 4.69) is 17.2 Å². The van der Waals surface area contributed by atoms with Gasteiger partial charge in [-0.05, 0) is 13.3 Å². The van der Waals surface area contributed by atoms with Gasteiger partial charge < -0.3 is 15.0 Å². The molecule has 21 heavy (non-hydrogen) atoms. The van der Waals surface area contributed by atoms with E-state index in [9.17, 15) is 4.79 Å². The van der Waals surface area contributed by atoms with Gasteiger partial charge in [0, 0.05) is 43.7 Å². The maximum absolute atomic E-state index is 11.6. The van der Waals surface area contributed by atoms with E-state index in [1.807, 2.05) is 20.9 Å². The Labute approximate surface area is 127 Å². The van der Waals surface area contributed by atoms with Crippen LogP contribution in [0.1, 0.15) is 25.5 Å². The molecule has 114 valence electrons. The molecular formula is C14H20N4O2S. The number of nitrogens with zero attached hydrogens (tertiary/aromatic N) is 3. The smallest absolute Gasteiger partial charge is 0.237 e. The Bertz CT molecular complexity index is 636. The first-order valence-electron chi connectivity index (χ1n) is 7.18. The summed E-state index contributed by atoms with van der Waals surface area (Å²) < 4.78 is 7.39. The lowest BCUT2D eigenvalue weighted by atomic mass is 10.3. The summed E-state index contributed by atoms with van der Waals surface area (Å²) in [6.45, 7) is 4.41. The third kappa shape index (κ3) is 2.89. The predicted molar refractivity (Wildman–Crippen MR) is 81.7 cm³/mol. The number of imidazole rings is 1. The molecule has 0 bridgehead atoms. The van der Waals surface area contributed by atoms with E-state index in [1.165, 1.54) is 0 Å². The van der Waals surface area contributed by atoms with Crippen LogP contribution in [-0.2, 0) is 11.3 Å². The molecule has 2 aromatic rings. The monoisotopic (exact) mass is 308 g/mol. The van der Waals surface area contributed by atoms with E-state index >= 15 is 0 Å². The van der Waals surface area contributed by atoms with Gasteiger partial charge in [-0.15, -0.1) is 11.3 Å². The number of nitrogens with one attached hydrogen (secondary N) is 1. The van der Waals surface area contributed by atoms with Crippen molar-refractivity contribution in [2.45, 2.75) is 32.4 Å². The quantitative estimate of drug-likeness (QED) is 0.879. The van der Waals surface area contributed by atoms with Crippen molar-refractivity contribution in [2.75, 3.05) is 20.2 Å². The van der Waals surface area contributed by atoms with Crippen LogP contribution >= 0.6 is 11.3 Å². The van der Waals surface area contributed by atoms with E-state index in [0.717, 1.165) is 30.2 Å². The van der Waals surface area contributed by atoms with Crippen molar-refractivity contribution >= 4 is 22.2 Å². The molecule has 0 saturated carbocycles. The van der Waals surface area contributed by atoms with Crippen LogP contribution in [0.25, 0.3) is 4.96 Å². The van der Waals surface area contributed by atoms with Gasteiger partial charge in [0.15, 0.2) is 4.96 Å². The fourth-order valence-corrected chi connectivity index (χ4v) is 3.42. The first kappa shape index (κ1) is 14.3. The molecule has 0 spiro atoms. The van der Waals surface area contributed by atoms with Crippen molar-refractivity contribution in [1.29, 1.82) is 0 Å². The van der Waals surface area contributed by atoms with Crippen LogP contribution in [0.3, 0.4) is 0 Å². The van der Waals surface area contributed by atoms with Crippen LogP contribution in [0.5, 0.6) is 5.88 Å². The van der Waals surface area contributed by atoms with Gasteiger partial charge in [-0.2, -0.15) is 4.98 Å². The van der Waals surface area contributed by atoms with Crippen LogP contribution in [-0.4, -0.2) is 46.4 Å². The molecule has 1 aliphatic rings. The molecule has 1 atom stereocenters. The van der Waals surface area contributed by atoms with Gasteiger partial charge in [0.2, 0.25) is 11.8 Å². The molecule has 1 aliphatic heterocycles. The molecule has 0 aromatic carbocycles. The highest BCUT2D eigenvalue weighted by Crippen LogP contribution is 2.23. The molecule has 1 fully saturated rings. The van der Waals surface area contributed by atoms with Gasteiger partial charge in [-0.3, -0.25) is 9.20 Å². The standard InChI is InChI=1S/C14H20N4O2S/c1-10(9-17-5-3-4-12(17)19)15-8-11-13(20-2)16-14-18(11)6-7-21-14/h6-7,10,15H,3-5,8-9H2,1-2H3. The summed E-state index contributed by atoms with van der Waals surface area (Å²) in [6, 6.07) is 0.237. The van der Waals surface area contributed by atoms with Crippen LogP contribution in [0.15, 0.2) is 11.6 Å². The number of rotatable bonds is 6. The summed E-state index contributed by atoms with van der Waals surface area (Å²) >= 11 is 1.59. The molecule has 1 N–H and O–H groups in total. The van der Waals surface area contributed by atoms with Gasteiger partial charge >= 0.3 is 0 Å². The zero-order valence-electron chi connectivity index (χ0n) is 12.3. The molecule has 2 aromatic heterocycles. The average molecular weight is 308 g/mol. The van der Waals surface area contributed by atoms with E-state index in [4.69, 9.17) is 4.74 Å². The Hall–Kier alpha value is -1.60. The molecule has 0 radical (unpaired) electrons. The summed E-state index contributed by atoms with van der Waals surface area (Å²) in [5.74, 6) is 0.935. The Morgan fingerprint density at radius 3 is 3.14 bits per heavy atom. The lowest BCUT2D eigenvalue weighted by Gasteiger charge is -2.21. The number of amides is 1. The molecular weight excluding hydrogens is 288 g/mol. The van der Waals surface area contributed by atoms with Gasteiger partial charge in [0.1, 0.15) is 5.69 Å². The molecule has 0 aliphatic carbocycles. The van der Waals surface area contributed by atoms with Gasteiger partial charge in [0.25, 0.3) is 0 Å². The number of thiazole rings is 1. The summed E-state index contributed by atoms with van der Waals surface area (Å²) in [6.07, 6.45) is 3.68. The van der Waals surface area contributed by atoms with Crippen LogP contribution in [0.4, 0.5) is 0 Å². The van der Waals surface area contributed by atoms with Crippen molar-refractivity contribution < 1.29 is 9.53 Å². The van der Waals surface area contributed by atoms with Gasteiger partial charge in [-0.25, -0.2) is 0 Å². The van der Waals surface area contributed by atoms with Crippen molar-refractivity contribution in [3.8, 4) is 5.88 Å². The van der Waals surface area contributed by atoms with Crippen LogP contribution < -0.4 is 10.1 Å². The molecule has 6 nitrogen and oxygen atoms in total. The fraction of sp³-hybridized carbons (Fsp3) is 0.571. The van der Waals surface area contributed by atoms with Crippen molar-refractivity contribution in [3.63, 3.8) is 0 Å². The predicted octanol–water partition coefficient (Wildman–Crippen LogP) is 1.50. The van der Waals surface area contributed by atoms with Crippen molar-refractivity contribution in [1.82, 2.24) is 19.6 Å². The van der Waals surface area contributed by atoms with E-state index < -0.39 is 0 Å². The van der Waals surface area contributed by atoms with E-state index in [0.29, 0.717) is 18.8 Å². The summed E-state index contributed by atoms with van der Waals surface area (Å²) in [5, 5.41) is 5.47. The lowest BCUT2D eigenvalue weighted by molar-refractivity contribution is -0.127. The highest BCUT2D eigenvalue weighted by molar-refractivity contribution is 7.15. The second-order valence-corrected chi connectivity index (χ2v) is 6.22. The van der Waals surface area contributed by atoms with E-state index in [1.54, 1.807) is 18.4 Å². The summed E-state index contributed by atoms with van der Waals surface area (Å²) in [4.78, 5) is 19.0. The SMILES string of the molecule is COc1nc2sccn2c1CNC(C)CN1CCCC1=O. The third-order valence-corrected chi connectivity index (χ3v) is 4.56. The maximum atomic E-state index is 11.6. The number of fused-ring (bicyclic) bond motifs is 1. The normalized spacial score (nSPS) is 16.9. The summed E-state index contributed by atoms with van der Waals surface area (Å²) in [5.41, 5.74) is 1.02. The topological polar surface area (TPSA) is 58.9 Å². The Balaban J connectivity index is 1.62. The second-order valence-electron chi connectivity index (χ2n) is 5.35. The Kier molecular flexibility index (Phi) is 4.12. The van der Waals surface area contributed by atoms with Crippen LogP contribution in [0.2, 0.25) is 0 Å². The highest BCUT2D eigenvalue weighted by Gasteiger charge is 2.22. The number of aromatic nitrogens is 2. The Morgan fingerprint density at radius 1 is 1.57 bits per heavy atom. The zero-order chi connectivity index (χ0) is 14.8. The molecule has 1 amide bonds. The zero-order valence-corrected chi connectivity index (χ0v) is 13.2. The number of carbonyl (C=O) groups excluding carboxylic acids is 1. The molecule has 1 unspecified atom stereocenters. The van der Waals surface area contributed by atoms with Crippen molar-refractivity contribution in [3.05, 3.63) is 17.3 Å². The molecule has 7 heteroatoms.